The molecule has 0 amide bonds. The summed E-state index contributed by atoms with van der Waals surface area (Å²) < 4.78 is 5.50. The van der Waals surface area contributed by atoms with Crippen LogP contribution in [0.5, 0.6) is 5.75 Å². The molecule has 1 N–H and O–H groups in total. The van der Waals surface area contributed by atoms with Gasteiger partial charge in [-0.3, -0.25) is 0 Å². The van der Waals surface area contributed by atoms with Crippen LogP contribution in [0.2, 0.25) is 0 Å². The Bertz CT molecular complexity index is 433. The molecule has 1 aromatic carbocycles. The van der Waals surface area contributed by atoms with E-state index in [1.807, 2.05) is 0 Å². The molecule has 2 aliphatic rings. The number of piperidine rings is 1. The van der Waals surface area contributed by atoms with Crippen molar-refractivity contribution < 1.29 is 4.74 Å². The lowest BCUT2D eigenvalue weighted by atomic mass is 9.92. The molecule has 2 heterocycles. The van der Waals surface area contributed by atoms with Crippen LogP contribution in [0.1, 0.15) is 18.4 Å². The Morgan fingerprint density at radius 2 is 2.22 bits per heavy atom. The first-order chi connectivity index (χ1) is 8.78. The average Bonchev–Trinajstić information content (AvgIpc) is 2.85. The highest BCUT2D eigenvalue weighted by atomic mass is 16.5. The summed E-state index contributed by atoms with van der Waals surface area (Å²) in [5.74, 6) is 1.88. The molecule has 18 heavy (non-hydrogen) atoms. The number of hydrogen-bond donors (Lipinski definition) is 1. The molecule has 2 aliphatic heterocycles. The van der Waals surface area contributed by atoms with Gasteiger partial charge < -0.3 is 15.0 Å². The first-order valence-corrected chi connectivity index (χ1v) is 6.91. The number of anilines is 1. The second kappa shape index (κ2) is 4.81. The Labute approximate surface area is 109 Å². The number of fused-ring (bicyclic) bond motifs is 1. The van der Waals surface area contributed by atoms with E-state index in [1.54, 1.807) is 7.11 Å². The van der Waals surface area contributed by atoms with Crippen LogP contribution in [0, 0.1) is 12.8 Å². The molecule has 98 valence electrons. The molecule has 0 spiro atoms. The Kier molecular flexibility index (Phi) is 3.16. The number of nitrogens with zero attached hydrogens (tertiary/aromatic N) is 1. The zero-order valence-electron chi connectivity index (χ0n) is 11.3. The van der Waals surface area contributed by atoms with E-state index in [2.05, 4.69) is 35.3 Å². The van der Waals surface area contributed by atoms with Crippen LogP contribution in [0.15, 0.2) is 18.2 Å². The minimum Gasteiger partial charge on any atom is -0.495 e. The lowest BCUT2D eigenvalue weighted by molar-refractivity contribution is 0.367. The zero-order valence-corrected chi connectivity index (χ0v) is 11.3. The molecule has 2 saturated heterocycles. The predicted octanol–water partition coefficient (Wildman–Crippen LogP) is 2.19. The van der Waals surface area contributed by atoms with Gasteiger partial charge in [-0.15, -0.1) is 0 Å². The van der Waals surface area contributed by atoms with E-state index < -0.39 is 0 Å². The van der Waals surface area contributed by atoms with Crippen molar-refractivity contribution in [3.05, 3.63) is 23.8 Å². The number of rotatable bonds is 2. The van der Waals surface area contributed by atoms with E-state index in [4.69, 9.17) is 4.74 Å². The first kappa shape index (κ1) is 11.8. The van der Waals surface area contributed by atoms with Gasteiger partial charge in [-0.2, -0.15) is 0 Å². The number of nitrogens with one attached hydrogen (secondary N) is 1. The summed E-state index contributed by atoms with van der Waals surface area (Å²) in [5.41, 5.74) is 2.55. The summed E-state index contributed by atoms with van der Waals surface area (Å²) >= 11 is 0. The van der Waals surface area contributed by atoms with Gasteiger partial charge in [-0.05, 0) is 49.9 Å². The Hall–Kier alpha value is -1.22. The maximum atomic E-state index is 5.50. The van der Waals surface area contributed by atoms with E-state index in [0.29, 0.717) is 6.04 Å². The van der Waals surface area contributed by atoms with Gasteiger partial charge in [0.05, 0.1) is 12.8 Å². The van der Waals surface area contributed by atoms with Gasteiger partial charge in [-0.1, -0.05) is 6.07 Å². The normalized spacial score (nSPS) is 27.1. The van der Waals surface area contributed by atoms with Gasteiger partial charge in [0, 0.05) is 19.1 Å². The molecule has 0 radical (unpaired) electrons. The summed E-state index contributed by atoms with van der Waals surface area (Å²) in [6.45, 7) is 5.60. The summed E-state index contributed by atoms with van der Waals surface area (Å²) in [6, 6.07) is 7.11. The van der Waals surface area contributed by atoms with E-state index in [-0.39, 0.29) is 0 Å². The molecule has 1 aromatic rings. The van der Waals surface area contributed by atoms with Crippen LogP contribution < -0.4 is 15.0 Å². The van der Waals surface area contributed by atoms with E-state index >= 15 is 0 Å². The van der Waals surface area contributed by atoms with Crippen molar-refractivity contribution in [3.63, 3.8) is 0 Å². The highest BCUT2D eigenvalue weighted by Gasteiger charge is 2.33. The molecule has 2 atom stereocenters. The molecule has 2 unspecified atom stereocenters. The highest BCUT2D eigenvalue weighted by molar-refractivity contribution is 5.60. The van der Waals surface area contributed by atoms with Crippen molar-refractivity contribution in [1.82, 2.24) is 5.32 Å². The lowest BCUT2D eigenvalue weighted by Crippen LogP contribution is -2.46. The quantitative estimate of drug-likeness (QED) is 0.865. The predicted molar refractivity (Wildman–Crippen MR) is 74.5 cm³/mol. The molecule has 0 aromatic heterocycles. The monoisotopic (exact) mass is 246 g/mol. The molecule has 3 heteroatoms. The molecule has 2 fully saturated rings. The van der Waals surface area contributed by atoms with Crippen LogP contribution in [-0.2, 0) is 0 Å². The molecule has 0 saturated carbocycles. The fraction of sp³-hybridized carbons (Fsp3) is 0.600. The van der Waals surface area contributed by atoms with Gasteiger partial charge >= 0.3 is 0 Å². The second-order valence-electron chi connectivity index (χ2n) is 5.52. The average molecular weight is 246 g/mol. The SMILES string of the molecule is COc1ccc(C)cc1N1CCC2CCNC2C1. The Morgan fingerprint density at radius 3 is 3.06 bits per heavy atom. The smallest absolute Gasteiger partial charge is 0.142 e. The van der Waals surface area contributed by atoms with Crippen LogP contribution in [-0.4, -0.2) is 32.8 Å². The van der Waals surface area contributed by atoms with Crippen molar-refractivity contribution in [2.24, 2.45) is 5.92 Å². The number of benzene rings is 1. The molecule has 0 bridgehead atoms. The third kappa shape index (κ3) is 2.07. The Morgan fingerprint density at radius 1 is 1.33 bits per heavy atom. The van der Waals surface area contributed by atoms with Crippen LogP contribution in [0.3, 0.4) is 0 Å². The molecular weight excluding hydrogens is 224 g/mol. The molecule has 3 rings (SSSR count). The van der Waals surface area contributed by atoms with Crippen LogP contribution in [0.25, 0.3) is 0 Å². The van der Waals surface area contributed by atoms with Crippen LogP contribution >= 0.6 is 0 Å². The van der Waals surface area contributed by atoms with Gasteiger partial charge in [0.25, 0.3) is 0 Å². The third-order valence-corrected chi connectivity index (χ3v) is 4.35. The fourth-order valence-electron chi connectivity index (χ4n) is 3.30. The van der Waals surface area contributed by atoms with E-state index in [1.165, 1.54) is 30.6 Å². The van der Waals surface area contributed by atoms with E-state index in [0.717, 1.165) is 24.8 Å². The number of ether oxygens (including phenoxy) is 1. The van der Waals surface area contributed by atoms with Crippen molar-refractivity contribution in [2.75, 3.05) is 31.6 Å². The minimum absolute atomic E-state index is 0.670. The van der Waals surface area contributed by atoms with Gasteiger partial charge in [0.1, 0.15) is 5.75 Å². The topological polar surface area (TPSA) is 24.5 Å². The second-order valence-corrected chi connectivity index (χ2v) is 5.52. The maximum Gasteiger partial charge on any atom is 0.142 e. The maximum absolute atomic E-state index is 5.50. The van der Waals surface area contributed by atoms with Crippen molar-refractivity contribution in [2.45, 2.75) is 25.8 Å². The van der Waals surface area contributed by atoms with Gasteiger partial charge in [-0.25, -0.2) is 0 Å². The van der Waals surface area contributed by atoms with Crippen molar-refractivity contribution in [3.8, 4) is 5.75 Å². The number of methoxy groups -OCH3 is 1. The van der Waals surface area contributed by atoms with E-state index in [9.17, 15) is 0 Å². The highest BCUT2D eigenvalue weighted by Crippen LogP contribution is 2.34. The third-order valence-electron chi connectivity index (χ3n) is 4.35. The van der Waals surface area contributed by atoms with Gasteiger partial charge in [0.2, 0.25) is 0 Å². The minimum atomic E-state index is 0.670. The number of hydrogen-bond acceptors (Lipinski definition) is 3. The molecule has 3 nitrogen and oxygen atoms in total. The summed E-state index contributed by atoms with van der Waals surface area (Å²) in [6.07, 6.45) is 2.65. The molecular formula is C15H22N2O. The largest absolute Gasteiger partial charge is 0.495 e. The lowest BCUT2D eigenvalue weighted by Gasteiger charge is -2.37. The molecule has 0 aliphatic carbocycles. The summed E-state index contributed by atoms with van der Waals surface area (Å²) in [4.78, 5) is 2.48. The summed E-state index contributed by atoms with van der Waals surface area (Å²) in [7, 11) is 1.76. The summed E-state index contributed by atoms with van der Waals surface area (Å²) in [5, 5.41) is 3.63. The first-order valence-electron chi connectivity index (χ1n) is 6.91. The van der Waals surface area contributed by atoms with Crippen LogP contribution in [0.4, 0.5) is 5.69 Å². The fourth-order valence-corrected chi connectivity index (χ4v) is 3.30. The number of aryl methyl sites for hydroxylation is 1. The standard InChI is InChI=1S/C15H22N2O/c1-11-3-4-15(18-2)14(9-11)17-8-6-12-5-7-16-13(12)10-17/h3-4,9,12-13,16H,5-8,10H2,1-2H3. The Balaban J connectivity index is 1.84. The van der Waals surface area contributed by atoms with Crippen molar-refractivity contribution in [1.29, 1.82) is 0 Å². The van der Waals surface area contributed by atoms with Crippen molar-refractivity contribution >= 4 is 5.69 Å². The van der Waals surface area contributed by atoms with Gasteiger partial charge in [0.15, 0.2) is 0 Å². The zero-order chi connectivity index (χ0) is 12.5.